The lowest BCUT2D eigenvalue weighted by molar-refractivity contribution is 0.230. The third-order valence-electron chi connectivity index (χ3n) is 4.20. The predicted octanol–water partition coefficient (Wildman–Crippen LogP) is 3.43. The fourth-order valence-corrected chi connectivity index (χ4v) is 3.63. The van der Waals surface area contributed by atoms with Crippen LogP contribution in [-0.4, -0.2) is 45.8 Å². The van der Waals surface area contributed by atoms with E-state index in [-0.39, 0.29) is 18.1 Å². The highest BCUT2D eigenvalue weighted by atomic mass is 32.1. The number of hydrogen-bond acceptors (Lipinski definition) is 5. The number of rotatable bonds is 8. The smallest absolute Gasteiger partial charge is 0.315 e. The third-order valence-corrected chi connectivity index (χ3v) is 5.18. The minimum atomic E-state index is -0.223. The summed E-state index contributed by atoms with van der Waals surface area (Å²) < 4.78 is 10.7. The Hall–Kier alpha value is -2.25. The molecule has 0 aliphatic heterocycles. The first-order valence-electron chi connectivity index (χ1n) is 8.42. The van der Waals surface area contributed by atoms with E-state index in [1.54, 1.807) is 25.6 Å². The van der Waals surface area contributed by atoms with Crippen molar-refractivity contribution < 1.29 is 14.3 Å². The molecule has 2 unspecified atom stereocenters. The zero-order valence-electron chi connectivity index (χ0n) is 15.9. The molecule has 2 N–H and O–H groups in total. The van der Waals surface area contributed by atoms with Gasteiger partial charge < -0.3 is 25.0 Å². The Morgan fingerprint density at radius 1 is 1.23 bits per heavy atom. The summed E-state index contributed by atoms with van der Waals surface area (Å²) in [5, 5.41) is 7.97. The molecule has 1 heterocycles. The Labute approximate surface area is 159 Å². The maximum absolute atomic E-state index is 12.4. The molecule has 0 spiro atoms. The van der Waals surface area contributed by atoms with Crippen LogP contribution in [0.4, 0.5) is 4.79 Å². The van der Waals surface area contributed by atoms with Crippen molar-refractivity contribution in [2.24, 2.45) is 0 Å². The highest BCUT2D eigenvalue weighted by Gasteiger charge is 2.18. The molecule has 2 atom stereocenters. The van der Waals surface area contributed by atoms with Gasteiger partial charge in [0.15, 0.2) is 0 Å². The average Bonchev–Trinajstić information content (AvgIpc) is 3.15. The number of nitrogens with zero attached hydrogens (tertiary/aromatic N) is 1. The molecule has 0 bridgehead atoms. The van der Waals surface area contributed by atoms with Crippen molar-refractivity contribution in [1.82, 2.24) is 15.5 Å². The van der Waals surface area contributed by atoms with Gasteiger partial charge in [-0.25, -0.2) is 4.79 Å². The molecule has 6 nitrogen and oxygen atoms in total. The average molecular weight is 378 g/mol. The lowest BCUT2D eigenvalue weighted by Crippen LogP contribution is -2.41. The first-order valence-corrected chi connectivity index (χ1v) is 9.30. The van der Waals surface area contributed by atoms with Gasteiger partial charge in [-0.1, -0.05) is 6.07 Å². The van der Waals surface area contributed by atoms with E-state index in [0.717, 1.165) is 11.3 Å². The third kappa shape index (κ3) is 5.12. The van der Waals surface area contributed by atoms with E-state index in [4.69, 9.17) is 9.47 Å². The number of thiophene rings is 1. The quantitative estimate of drug-likeness (QED) is 0.740. The zero-order chi connectivity index (χ0) is 19.1. The molecule has 0 saturated heterocycles. The van der Waals surface area contributed by atoms with Gasteiger partial charge in [0.25, 0.3) is 0 Å². The Bertz CT molecular complexity index is 704. The molecular weight excluding hydrogens is 350 g/mol. The van der Waals surface area contributed by atoms with Crippen LogP contribution < -0.4 is 20.1 Å². The number of hydrogen-bond donors (Lipinski definition) is 2. The summed E-state index contributed by atoms with van der Waals surface area (Å²) in [5.41, 5.74) is 0.865. The fraction of sp³-hybridized carbons (Fsp3) is 0.421. The second kappa shape index (κ2) is 9.45. The number of methoxy groups -OCH3 is 2. The number of carbonyl (C=O) groups excluding carboxylic acids is 1. The van der Waals surface area contributed by atoms with Crippen molar-refractivity contribution in [3.05, 3.63) is 46.2 Å². The predicted molar refractivity (Wildman–Crippen MR) is 105 cm³/mol. The summed E-state index contributed by atoms with van der Waals surface area (Å²) in [6.45, 7) is 2.45. The van der Waals surface area contributed by atoms with Gasteiger partial charge in [-0.2, -0.15) is 0 Å². The Balaban J connectivity index is 1.99. The van der Waals surface area contributed by atoms with Crippen LogP contribution in [0.1, 0.15) is 29.4 Å². The number of nitrogens with one attached hydrogen (secondary N) is 2. The van der Waals surface area contributed by atoms with E-state index < -0.39 is 0 Å². The maximum Gasteiger partial charge on any atom is 0.315 e. The second-order valence-electron chi connectivity index (χ2n) is 6.18. The zero-order valence-corrected chi connectivity index (χ0v) is 16.7. The number of amides is 2. The number of benzene rings is 1. The lowest BCUT2D eigenvalue weighted by Gasteiger charge is -2.24. The van der Waals surface area contributed by atoms with E-state index in [1.807, 2.05) is 50.7 Å². The van der Waals surface area contributed by atoms with Gasteiger partial charge in [0.05, 0.1) is 26.3 Å². The Morgan fingerprint density at radius 2 is 2.00 bits per heavy atom. The summed E-state index contributed by atoms with van der Waals surface area (Å²) >= 11 is 1.69. The van der Waals surface area contributed by atoms with Gasteiger partial charge in [0.2, 0.25) is 0 Å². The van der Waals surface area contributed by atoms with Crippen LogP contribution in [0.15, 0.2) is 35.7 Å². The van der Waals surface area contributed by atoms with Crippen molar-refractivity contribution >= 4 is 17.4 Å². The van der Waals surface area contributed by atoms with E-state index >= 15 is 0 Å². The molecule has 142 valence electrons. The topological polar surface area (TPSA) is 62.8 Å². The van der Waals surface area contributed by atoms with E-state index in [1.165, 1.54) is 4.88 Å². The molecule has 2 aromatic rings. The SMILES string of the molecule is COc1ccc(OC)c(C(C)NC(=O)NCC(c2cccs2)N(C)C)c1. The van der Waals surface area contributed by atoms with Crippen molar-refractivity contribution in [3.63, 3.8) is 0 Å². The molecule has 7 heteroatoms. The van der Waals surface area contributed by atoms with Crippen LogP contribution in [0.5, 0.6) is 11.5 Å². The molecule has 0 saturated carbocycles. The molecule has 2 amide bonds. The molecule has 1 aromatic heterocycles. The molecule has 0 radical (unpaired) electrons. The van der Waals surface area contributed by atoms with Crippen LogP contribution >= 0.6 is 11.3 Å². The molecule has 0 aliphatic carbocycles. The number of carbonyl (C=O) groups is 1. The minimum absolute atomic E-state index is 0.141. The molecule has 0 aliphatic rings. The summed E-state index contributed by atoms with van der Waals surface area (Å²) in [5.74, 6) is 1.43. The summed E-state index contributed by atoms with van der Waals surface area (Å²) in [6.07, 6.45) is 0. The highest BCUT2D eigenvalue weighted by molar-refractivity contribution is 7.10. The number of likely N-dealkylation sites (N-methyl/N-ethyl adjacent to an activating group) is 1. The molecule has 26 heavy (non-hydrogen) atoms. The first-order chi connectivity index (χ1) is 12.5. The second-order valence-corrected chi connectivity index (χ2v) is 7.16. The Kier molecular flexibility index (Phi) is 7.29. The van der Waals surface area contributed by atoms with Crippen molar-refractivity contribution in [1.29, 1.82) is 0 Å². The Morgan fingerprint density at radius 3 is 2.58 bits per heavy atom. The summed E-state index contributed by atoms with van der Waals surface area (Å²) in [7, 11) is 7.24. The van der Waals surface area contributed by atoms with Gasteiger partial charge in [-0.15, -0.1) is 11.3 Å². The van der Waals surface area contributed by atoms with Gasteiger partial charge in [0, 0.05) is 17.0 Å². The number of ether oxygens (including phenoxy) is 2. The van der Waals surface area contributed by atoms with Crippen LogP contribution in [0.25, 0.3) is 0 Å². The van der Waals surface area contributed by atoms with Crippen LogP contribution in [0, 0.1) is 0 Å². The van der Waals surface area contributed by atoms with E-state index in [2.05, 4.69) is 21.6 Å². The first kappa shape index (κ1) is 20.1. The normalized spacial score (nSPS) is 13.2. The van der Waals surface area contributed by atoms with Gasteiger partial charge in [0.1, 0.15) is 11.5 Å². The monoisotopic (exact) mass is 377 g/mol. The van der Waals surface area contributed by atoms with E-state index in [0.29, 0.717) is 12.3 Å². The molecular formula is C19H27N3O3S. The lowest BCUT2D eigenvalue weighted by atomic mass is 10.1. The highest BCUT2D eigenvalue weighted by Crippen LogP contribution is 2.29. The van der Waals surface area contributed by atoms with Crippen molar-refractivity contribution in [2.45, 2.75) is 19.0 Å². The standard InChI is InChI=1S/C19H27N3O3S/c1-13(15-11-14(24-4)8-9-17(15)25-5)21-19(23)20-12-16(22(2)3)18-7-6-10-26-18/h6-11,13,16H,12H2,1-5H3,(H2,20,21,23). The molecule has 0 fully saturated rings. The minimum Gasteiger partial charge on any atom is -0.497 e. The van der Waals surface area contributed by atoms with Gasteiger partial charge in [-0.05, 0) is 50.7 Å². The van der Waals surface area contributed by atoms with Gasteiger partial charge >= 0.3 is 6.03 Å². The van der Waals surface area contributed by atoms with Gasteiger partial charge in [-0.3, -0.25) is 0 Å². The molecule has 2 rings (SSSR count). The molecule has 1 aromatic carbocycles. The van der Waals surface area contributed by atoms with Crippen molar-refractivity contribution in [3.8, 4) is 11.5 Å². The maximum atomic E-state index is 12.4. The van der Waals surface area contributed by atoms with Crippen molar-refractivity contribution in [2.75, 3.05) is 34.9 Å². The summed E-state index contributed by atoms with van der Waals surface area (Å²) in [4.78, 5) is 15.7. The van der Waals surface area contributed by atoms with Crippen LogP contribution in [-0.2, 0) is 0 Å². The van der Waals surface area contributed by atoms with Crippen LogP contribution in [0.2, 0.25) is 0 Å². The van der Waals surface area contributed by atoms with E-state index in [9.17, 15) is 4.79 Å². The fourth-order valence-electron chi connectivity index (χ4n) is 2.71. The largest absolute Gasteiger partial charge is 0.497 e. The summed E-state index contributed by atoms with van der Waals surface area (Å²) in [6, 6.07) is 9.35. The van der Waals surface area contributed by atoms with Crippen LogP contribution in [0.3, 0.4) is 0 Å². The number of urea groups is 1.